The van der Waals surface area contributed by atoms with Gasteiger partial charge in [-0.2, -0.15) is 0 Å². The van der Waals surface area contributed by atoms with Crippen molar-refractivity contribution in [1.29, 1.82) is 0 Å². The predicted octanol–water partition coefficient (Wildman–Crippen LogP) is 4.23. The number of aliphatic hydroxyl groups is 1. The highest BCUT2D eigenvalue weighted by Crippen LogP contribution is 2.24. The Hall–Kier alpha value is -0.680. The van der Waals surface area contributed by atoms with Gasteiger partial charge in [-0.25, -0.2) is 0 Å². The molecule has 0 unspecified atom stereocenters. The summed E-state index contributed by atoms with van der Waals surface area (Å²) in [6, 6.07) is 10.1. The van der Waals surface area contributed by atoms with E-state index in [9.17, 15) is 5.11 Å². The minimum atomic E-state index is -0.493. The summed E-state index contributed by atoms with van der Waals surface area (Å²) in [6.07, 6.45) is 7.04. The van der Waals surface area contributed by atoms with E-state index in [1.165, 1.54) is 0 Å². The first kappa shape index (κ1) is 18.7. The number of hydrogen-bond acceptors (Lipinski definition) is 3. The van der Waals surface area contributed by atoms with E-state index in [0.29, 0.717) is 24.5 Å². The first-order chi connectivity index (χ1) is 11.2. The molecule has 0 amide bonds. The third-order valence-electron chi connectivity index (χ3n) is 4.15. The molecule has 1 aliphatic rings. The highest BCUT2D eigenvalue weighted by Gasteiger charge is 2.27. The molecule has 0 saturated heterocycles. The molecule has 3 nitrogen and oxygen atoms in total. The lowest BCUT2D eigenvalue weighted by atomic mass is 10.1. The van der Waals surface area contributed by atoms with Gasteiger partial charge in [0.05, 0.1) is 24.9 Å². The quantitative estimate of drug-likeness (QED) is 0.415. The topological polar surface area (TPSA) is 38.7 Å². The van der Waals surface area contributed by atoms with Crippen molar-refractivity contribution in [3.05, 3.63) is 48.0 Å². The van der Waals surface area contributed by atoms with Crippen LogP contribution in [0, 0.1) is 0 Å². The molecular weight excluding hydrogens is 356 g/mol. The van der Waals surface area contributed by atoms with Crippen LogP contribution >= 0.6 is 15.9 Å². The summed E-state index contributed by atoms with van der Waals surface area (Å²) >= 11 is 3.67. The molecule has 0 bridgehead atoms. The van der Waals surface area contributed by atoms with Crippen LogP contribution in [0.5, 0.6) is 0 Å². The zero-order chi connectivity index (χ0) is 16.5. The van der Waals surface area contributed by atoms with Gasteiger partial charge < -0.3 is 14.6 Å². The summed E-state index contributed by atoms with van der Waals surface area (Å²) in [7, 11) is 0. The van der Waals surface area contributed by atoms with Crippen LogP contribution in [-0.2, 0) is 16.1 Å². The number of benzene rings is 1. The monoisotopic (exact) mass is 382 g/mol. The van der Waals surface area contributed by atoms with Crippen molar-refractivity contribution in [2.45, 2.75) is 62.4 Å². The molecule has 1 aliphatic heterocycles. The van der Waals surface area contributed by atoms with E-state index in [2.05, 4.69) is 35.0 Å². The van der Waals surface area contributed by atoms with Gasteiger partial charge >= 0.3 is 0 Å². The van der Waals surface area contributed by atoms with Gasteiger partial charge in [0.15, 0.2) is 0 Å². The second-order valence-corrected chi connectivity index (χ2v) is 7.15. The molecule has 0 fully saturated rings. The summed E-state index contributed by atoms with van der Waals surface area (Å²) in [6.45, 7) is 3.26. The Morgan fingerprint density at radius 3 is 2.61 bits per heavy atom. The van der Waals surface area contributed by atoms with E-state index in [4.69, 9.17) is 9.47 Å². The van der Waals surface area contributed by atoms with E-state index >= 15 is 0 Å². The van der Waals surface area contributed by atoms with Crippen LogP contribution in [0.2, 0.25) is 0 Å². The van der Waals surface area contributed by atoms with Crippen molar-refractivity contribution < 1.29 is 14.6 Å². The smallest absolute Gasteiger partial charge is 0.0873 e. The molecule has 0 radical (unpaired) electrons. The van der Waals surface area contributed by atoms with Crippen LogP contribution in [-0.4, -0.2) is 34.9 Å². The molecule has 0 spiro atoms. The number of hydrogen-bond donors (Lipinski definition) is 1. The predicted molar refractivity (Wildman–Crippen MR) is 96.8 cm³/mol. The number of aliphatic hydroxyl groups excluding tert-OH is 1. The molecule has 4 heteroatoms. The van der Waals surface area contributed by atoms with Gasteiger partial charge in [-0.05, 0) is 31.2 Å². The van der Waals surface area contributed by atoms with Crippen molar-refractivity contribution >= 4 is 15.9 Å². The summed E-state index contributed by atoms with van der Waals surface area (Å²) in [5.41, 5.74) is 1.15. The van der Waals surface area contributed by atoms with Crippen molar-refractivity contribution in [3.8, 4) is 0 Å². The Labute approximate surface area is 147 Å². The summed E-state index contributed by atoms with van der Waals surface area (Å²) in [5, 5.41) is 10.4. The normalized spacial score (nSPS) is 24.1. The van der Waals surface area contributed by atoms with Crippen molar-refractivity contribution in [1.82, 2.24) is 0 Å². The van der Waals surface area contributed by atoms with E-state index in [1.54, 1.807) is 0 Å². The van der Waals surface area contributed by atoms with Crippen LogP contribution in [0.3, 0.4) is 0 Å². The molecule has 2 rings (SSSR count). The highest BCUT2D eigenvalue weighted by molar-refractivity contribution is 9.09. The van der Waals surface area contributed by atoms with Crippen LogP contribution in [0.25, 0.3) is 0 Å². The first-order valence-electron chi connectivity index (χ1n) is 8.45. The van der Waals surface area contributed by atoms with E-state index < -0.39 is 6.10 Å². The first-order valence-corrected chi connectivity index (χ1v) is 9.36. The second kappa shape index (κ2) is 10.2. The summed E-state index contributed by atoms with van der Waals surface area (Å²) in [4.78, 5) is 0.328. The third kappa shape index (κ3) is 6.38. The van der Waals surface area contributed by atoms with Crippen molar-refractivity contribution in [2.24, 2.45) is 0 Å². The fraction of sp³-hybridized carbons (Fsp3) is 0.579. The highest BCUT2D eigenvalue weighted by atomic mass is 79.9. The molecule has 0 aliphatic carbocycles. The molecule has 0 saturated carbocycles. The summed E-state index contributed by atoms with van der Waals surface area (Å²) < 4.78 is 11.8. The van der Waals surface area contributed by atoms with Gasteiger partial charge in [0.2, 0.25) is 0 Å². The number of halogens is 1. The van der Waals surface area contributed by atoms with Crippen molar-refractivity contribution in [2.75, 3.05) is 6.61 Å². The fourth-order valence-electron chi connectivity index (χ4n) is 2.69. The Kier molecular flexibility index (Phi) is 8.31. The Morgan fingerprint density at radius 2 is 1.91 bits per heavy atom. The molecule has 23 heavy (non-hydrogen) atoms. The number of rotatable bonds is 8. The number of ether oxygens (including phenoxy) is 2. The van der Waals surface area contributed by atoms with Gasteiger partial charge in [-0.3, -0.25) is 0 Å². The fourth-order valence-corrected chi connectivity index (χ4v) is 3.03. The van der Waals surface area contributed by atoms with E-state index in [0.717, 1.165) is 24.8 Å². The average Bonchev–Trinajstić information content (AvgIpc) is 2.85. The zero-order valence-electron chi connectivity index (χ0n) is 13.7. The van der Waals surface area contributed by atoms with Gasteiger partial charge in [0.25, 0.3) is 0 Å². The Morgan fingerprint density at radius 1 is 1.22 bits per heavy atom. The molecule has 1 N–H and O–H groups in total. The lowest BCUT2D eigenvalue weighted by Crippen LogP contribution is -2.35. The molecule has 0 aromatic heterocycles. The molecule has 128 valence electrons. The average molecular weight is 383 g/mol. The lowest BCUT2D eigenvalue weighted by Gasteiger charge is -2.28. The minimum absolute atomic E-state index is 0.128. The van der Waals surface area contributed by atoms with E-state index in [1.807, 2.05) is 30.3 Å². The molecule has 1 aromatic carbocycles. The van der Waals surface area contributed by atoms with Crippen LogP contribution in [0.1, 0.15) is 38.2 Å². The largest absolute Gasteiger partial charge is 0.390 e. The van der Waals surface area contributed by atoms with Gasteiger partial charge in [-0.15, -0.1) is 0 Å². The maximum absolute atomic E-state index is 10.4. The lowest BCUT2D eigenvalue weighted by molar-refractivity contribution is -0.0798. The van der Waals surface area contributed by atoms with Gasteiger partial charge in [0, 0.05) is 11.4 Å². The third-order valence-corrected chi connectivity index (χ3v) is 5.38. The van der Waals surface area contributed by atoms with Crippen LogP contribution < -0.4 is 0 Å². The van der Waals surface area contributed by atoms with E-state index in [-0.39, 0.29) is 12.2 Å². The zero-order valence-corrected chi connectivity index (χ0v) is 15.3. The molecular formula is C19H27BrO3. The van der Waals surface area contributed by atoms with Gasteiger partial charge in [-0.1, -0.05) is 65.3 Å². The summed E-state index contributed by atoms with van der Waals surface area (Å²) in [5.74, 6) is 0. The maximum Gasteiger partial charge on any atom is 0.0873 e. The molecule has 4 atom stereocenters. The Balaban J connectivity index is 1.73. The SMILES string of the molecule is CC[C@H](Br)[C@H]1CC=CC[C@@H]([C@@H](O)CCOCc2ccccc2)O1. The van der Waals surface area contributed by atoms with Gasteiger partial charge in [0.1, 0.15) is 0 Å². The van der Waals surface area contributed by atoms with Crippen LogP contribution in [0.15, 0.2) is 42.5 Å². The maximum atomic E-state index is 10.4. The van der Waals surface area contributed by atoms with Crippen molar-refractivity contribution in [3.63, 3.8) is 0 Å². The molecule has 1 heterocycles. The number of alkyl halides is 1. The second-order valence-electron chi connectivity index (χ2n) is 5.97. The Bertz CT molecular complexity index is 463. The molecule has 1 aromatic rings. The standard InChI is InChI=1S/C19H27BrO3/c1-2-16(20)18-10-6-7-11-19(23-18)17(21)12-13-22-14-15-8-4-3-5-9-15/h3-9,16-19,21H,2,10-14H2,1H3/t16-,17-,18+,19-/m0/s1. The van der Waals surface area contributed by atoms with Crippen LogP contribution in [0.4, 0.5) is 0 Å². The minimum Gasteiger partial charge on any atom is -0.390 e.